The van der Waals surface area contributed by atoms with E-state index in [4.69, 9.17) is 9.47 Å². The Kier molecular flexibility index (Phi) is 4.01. The molecule has 1 saturated carbocycles. The van der Waals surface area contributed by atoms with Crippen molar-refractivity contribution in [1.82, 2.24) is 4.90 Å². The predicted octanol–water partition coefficient (Wildman–Crippen LogP) is 2.54. The first kappa shape index (κ1) is 13.9. The summed E-state index contributed by atoms with van der Waals surface area (Å²) >= 11 is 2.19. The molecule has 0 N–H and O–H groups in total. The molecule has 3 heterocycles. The highest BCUT2D eigenvalue weighted by Crippen LogP contribution is 2.48. The Bertz CT molecular complexity index is 335. The molecule has 0 amide bonds. The maximum atomic E-state index is 6.21. The van der Waals surface area contributed by atoms with E-state index in [1.54, 1.807) is 0 Å². The lowest BCUT2D eigenvalue weighted by Gasteiger charge is -2.53. The van der Waals surface area contributed by atoms with Gasteiger partial charge in [-0.05, 0) is 38.0 Å². The molecule has 0 aromatic carbocycles. The minimum atomic E-state index is 0.520. The Morgan fingerprint density at radius 3 is 2.65 bits per heavy atom. The molecule has 3 saturated heterocycles. The summed E-state index contributed by atoms with van der Waals surface area (Å²) in [6, 6.07) is 0.934. The smallest absolute Gasteiger partial charge is 0.0680 e. The average molecular weight is 297 g/mol. The molecule has 3 nitrogen and oxygen atoms in total. The molecule has 114 valence electrons. The molecule has 1 spiro atoms. The van der Waals surface area contributed by atoms with Crippen LogP contribution in [0.4, 0.5) is 0 Å². The first-order valence-corrected chi connectivity index (χ1v) is 9.39. The number of thioether (sulfide) groups is 1. The number of ether oxygens (including phenoxy) is 2. The number of likely N-dealkylation sites (tertiary alicyclic amines) is 1. The Morgan fingerprint density at radius 1 is 1.15 bits per heavy atom. The van der Waals surface area contributed by atoms with E-state index in [0.29, 0.717) is 10.9 Å². The molecule has 3 aliphatic heterocycles. The lowest BCUT2D eigenvalue weighted by Crippen LogP contribution is -2.63. The molecule has 0 radical (unpaired) electrons. The maximum absolute atomic E-state index is 6.21. The standard InChI is InChI=1S/C16H27NO2S/c1-2-14(3-1)17-11-16(12-17)8-15(10-20-16)19-9-13-4-6-18-7-5-13/h13-15H,1-12H2/t15-/m1/s1. The van der Waals surface area contributed by atoms with Crippen LogP contribution in [-0.2, 0) is 9.47 Å². The molecular weight excluding hydrogens is 270 g/mol. The Hall–Kier alpha value is 0.230. The fourth-order valence-electron chi connectivity index (χ4n) is 4.02. The van der Waals surface area contributed by atoms with Crippen molar-refractivity contribution in [2.24, 2.45) is 5.92 Å². The number of hydrogen-bond donors (Lipinski definition) is 0. The summed E-state index contributed by atoms with van der Waals surface area (Å²) in [7, 11) is 0. The van der Waals surface area contributed by atoms with Gasteiger partial charge in [0.25, 0.3) is 0 Å². The van der Waals surface area contributed by atoms with Crippen LogP contribution in [0.2, 0.25) is 0 Å². The first-order valence-electron chi connectivity index (χ1n) is 8.40. The van der Waals surface area contributed by atoms with Crippen molar-refractivity contribution in [3.8, 4) is 0 Å². The van der Waals surface area contributed by atoms with Crippen LogP contribution in [0, 0.1) is 5.92 Å². The van der Waals surface area contributed by atoms with Gasteiger partial charge in [-0.2, -0.15) is 0 Å². The van der Waals surface area contributed by atoms with Gasteiger partial charge in [0, 0.05) is 49.5 Å². The van der Waals surface area contributed by atoms with E-state index in [-0.39, 0.29) is 0 Å². The largest absolute Gasteiger partial charge is 0.381 e. The van der Waals surface area contributed by atoms with Crippen LogP contribution in [0.1, 0.15) is 38.5 Å². The molecule has 0 bridgehead atoms. The molecule has 4 rings (SSSR count). The molecule has 1 atom stereocenters. The van der Waals surface area contributed by atoms with Crippen molar-refractivity contribution >= 4 is 11.8 Å². The lowest BCUT2D eigenvalue weighted by molar-refractivity contribution is -0.0216. The zero-order valence-electron chi connectivity index (χ0n) is 12.4. The Morgan fingerprint density at radius 2 is 1.95 bits per heavy atom. The molecule has 0 aromatic heterocycles. The Balaban J connectivity index is 1.19. The van der Waals surface area contributed by atoms with Crippen molar-refractivity contribution in [1.29, 1.82) is 0 Å². The quantitative estimate of drug-likeness (QED) is 0.795. The third-order valence-corrected chi connectivity index (χ3v) is 7.23. The number of rotatable bonds is 4. The van der Waals surface area contributed by atoms with E-state index in [9.17, 15) is 0 Å². The van der Waals surface area contributed by atoms with Gasteiger partial charge in [0.1, 0.15) is 0 Å². The molecule has 0 unspecified atom stereocenters. The fourth-order valence-corrected chi connectivity index (χ4v) is 5.59. The van der Waals surface area contributed by atoms with E-state index in [1.807, 2.05) is 0 Å². The summed E-state index contributed by atoms with van der Waals surface area (Å²) in [4.78, 5) is 2.72. The van der Waals surface area contributed by atoms with Gasteiger partial charge in [0.2, 0.25) is 0 Å². The molecule has 1 aliphatic carbocycles. The minimum Gasteiger partial charge on any atom is -0.381 e. The summed E-state index contributed by atoms with van der Waals surface area (Å²) in [5.74, 6) is 1.97. The number of hydrogen-bond acceptors (Lipinski definition) is 4. The van der Waals surface area contributed by atoms with Crippen molar-refractivity contribution < 1.29 is 9.47 Å². The van der Waals surface area contributed by atoms with Crippen LogP contribution in [0.3, 0.4) is 0 Å². The summed E-state index contributed by atoms with van der Waals surface area (Å²) < 4.78 is 12.2. The van der Waals surface area contributed by atoms with E-state index < -0.39 is 0 Å². The van der Waals surface area contributed by atoms with E-state index in [2.05, 4.69) is 16.7 Å². The second kappa shape index (κ2) is 5.79. The van der Waals surface area contributed by atoms with E-state index in [1.165, 1.54) is 57.4 Å². The normalized spacial score (nSPS) is 35.1. The monoisotopic (exact) mass is 297 g/mol. The van der Waals surface area contributed by atoms with Gasteiger partial charge in [0.15, 0.2) is 0 Å². The molecule has 4 heteroatoms. The van der Waals surface area contributed by atoms with E-state index >= 15 is 0 Å². The van der Waals surface area contributed by atoms with Crippen molar-refractivity contribution in [2.75, 3.05) is 38.7 Å². The predicted molar refractivity (Wildman–Crippen MR) is 82.3 cm³/mol. The molecule has 20 heavy (non-hydrogen) atoms. The number of nitrogens with zero attached hydrogens (tertiary/aromatic N) is 1. The minimum absolute atomic E-state index is 0.520. The highest BCUT2D eigenvalue weighted by molar-refractivity contribution is 8.01. The van der Waals surface area contributed by atoms with Crippen LogP contribution < -0.4 is 0 Å². The van der Waals surface area contributed by atoms with Crippen LogP contribution >= 0.6 is 11.8 Å². The maximum Gasteiger partial charge on any atom is 0.0680 e. The zero-order chi connectivity index (χ0) is 13.4. The molecular formula is C16H27NO2S. The topological polar surface area (TPSA) is 21.7 Å². The van der Waals surface area contributed by atoms with Gasteiger partial charge in [-0.15, -0.1) is 11.8 Å². The molecule has 4 fully saturated rings. The van der Waals surface area contributed by atoms with Gasteiger partial charge in [-0.1, -0.05) is 6.42 Å². The summed E-state index contributed by atoms with van der Waals surface area (Å²) in [6.07, 6.45) is 8.56. The third-order valence-electron chi connectivity index (χ3n) is 5.66. The third kappa shape index (κ3) is 2.77. The summed E-state index contributed by atoms with van der Waals surface area (Å²) in [6.45, 7) is 5.51. The van der Waals surface area contributed by atoms with Gasteiger partial charge in [0.05, 0.1) is 6.10 Å². The van der Waals surface area contributed by atoms with Crippen LogP contribution in [0.25, 0.3) is 0 Å². The molecule has 4 aliphatic rings. The van der Waals surface area contributed by atoms with Crippen molar-refractivity contribution in [3.05, 3.63) is 0 Å². The van der Waals surface area contributed by atoms with Gasteiger partial charge < -0.3 is 9.47 Å². The van der Waals surface area contributed by atoms with Gasteiger partial charge in [-0.3, -0.25) is 4.90 Å². The Labute approximate surface area is 126 Å². The SMILES string of the molecule is C1CC(N2CC3(C[C@@H](OCC4CCOCC4)CS3)C2)C1. The summed E-state index contributed by atoms with van der Waals surface area (Å²) in [5, 5.41) is 0. The average Bonchev–Trinajstić information content (AvgIpc) is 2.80. The second-order valence-electron chi connectivity index (χ2n) is 7.20. The van der Waals surface area contributed by atoms with Crippen molar-refractivity contribution in [2.45, 2.75) is 55.4 Å². The van der Waals surface area contributed by atoms with Crippen LogP contribution in [-0.4, -0.2) is 60.5 Å². The van der Waals surface area contributed by atoms with Crippen molar-refractivity contribution in [3.63, 3.8) is 0 Å². The van der Waals surface area contributed by atoms with Gasteiger partial charge in [-0.25, -0.2) is 0 Å². The highest BCUT2D eigenvalue weighted by atomic mass is 32.2. The zero-order valence-corrected chi connectivity index (χ0v) is 13.2. The second-order valence-corrected chi connectivity index (χ2v) is 8.69. The lowest BCUT2D eigenvalue weighted by atomic mass is 9.84. The molecule has 0 aromatic rings. The highest BCUT2D eigenvalue weighted by Gasteiger charge is 2.51. The van der Waals surface area contributed by atoms with Gasteiger partial charge >= 0.3 is 0 Å². The fraction of sp³-hybridized carbons (Fsp3) is 1.00. The first-order chi connectivity index (χ1) is 9.83. The van der Waals surface area contributed by atoms with Crippen LogP contribution in [0.5, 0.6) is 0 Å². The summed E-state index contributed by atoms with van der Waals surface area (Å²) in [5.41, 5.74) is 0. The van der Waals surface area contributed by atoms with E-state index in [0.717, 1.165) is 31.8 Å². The van der Waals surface area contributed by atoms with Crippen LogP contribution in [0.15, 0.2) is 0 Å².